The summed E-state index contributed by atoms with van der Waals surface area (Å²) in [4.78, 5) is 4.43. The SMILES string of the molecule is FC(F)(F)c1ccc([C@@H]2COC(c3ccccc3)=N2)cc1. The van der Waals surface area contributed by atoms with Crippen LogP contribution in [-0.2, 0) is 10.9 Å². The molecular formula is C16H12F3NO. The Morgan fingerprint density at radius 3 is 2.24 bits per heavy atom. The van der Waals surface area contributed by atoms with Crippen LogP contribution in [0.15, 0.2) is 59.6 Å². The van der Waals surface area contributed by atoms with Crippen LogP contribution in [0.3, 0.4) is 0 Å². The predicted molar refractivity (Wildman–Crippen MR) is 73.1 cm³/mol. The first-order valence-corrected chi connectivity index (χ1v) is 6.47. The van der Waals surface area contributed by atoms with Gasteiger partial charge in [-0.1, -0.05) is 30.3 Å². The van der Waals surface area contributed by atoms with Gasteiger partial charge >= 0.3 is 6.18 Å². The van der Waals surface area contributed by atoms with Crippen molar-refractivity contribution in [2.24, 2.45) is 4.99 Å². The molecule has 2 aromatic carbocycles. The third-order valence-electron chi connectivity index (χ3n) is 3.29. The summed E-state index contributed by atoms with van der Waals surface area (Å²) in [6.45, 7) is 0.343. The van der Waals surface area contributed by atoms with Crippen molar-refractivity contribution in [3.8, 4) is 0 Å². The van der Waals surface area contributed by atoms with Gasteiger partial charge in [-0.15, -0.1) is 0 Å². The topological polar surface area (TPSA) is 21.6 Å². The Morgan fingerprint density at radius 1 is 0.952 bits per heavy atom. The van der Waals surface area contributed by atoms with Crippen LogP contribution in [0.25, 0.3) is 0 Å². The van der Waals surface area contributed by atoms with E-state index in [2.05, 4.69) is 4.99 Å². The van der Waals surface area contributed by atoms with E-state index >= 15 is 0 Å². The van der Waals surface area contributed by atoms with Gasteiger partial charge in [0.15, 0.2) is 0 Å². The van der Waals surface area contributed by atoms with Gasteiger partial charge in [0, 0.05) is 5.56 Å². The lowest BCUT2D eigenvalue weighted by atomic mass is 10.1. The van der Waals surface area contributed by atoms with Gasteiger partial charge in [-0.05, 0) is 29.8 Å². The molecule has 1 atom stereocenters. The van der Waals surface area contributed by atoms with Crippen molar-refractivity contribution in [3.05, 3.63) is 71.3 Å². The van der Waals surface area contributed by atoms with Gasteiger partial charge in [0.25, 0.3) is 0 Å². The second-order valence-electron chi connectivity index (χ2n) is 4.75. The number of nitrogens with zero attached hydrogens (tertiary/aromatic N) is 1. The maximum absolute atomic E-state index is 12.5. The highest BCUT2D eigenvalue weighted by atomic mass is 19.4. The number of halogens is 3. The molecular weight excluding hydrogens is 279 g/mol. The van der Waals surface area contributed by atoms with Crippen LogP contribution in [0, 0.1) is 0 Å². The Labute approximate surface area is 119 Å². The van der Waals surface area contributed by atoms with Crippen molar-refractivity contribution in [1.82, 2.24) is 0 Å². The molecule has 0 N–H and O–H groups in total. The van der Waals surface area contributed by atoms with Crippen LogP contribution in [0.2, 0.25) is 0 Å². The first kappa shape index (κ1) is 13.7. The highest BCUT2D eigenvalue weighted by Crippen LogP contribution is 2.31. The van der Waals surface area contributed by atoms with E-state index in [4.69, 9.17) is 4.74 Å². The number of hydrogen-bond donors (Lipinski definition) is 0. The zero-order valence-corrected chi connectivity index (χ0v) is 11.0. The van der Waals surface area contributed by atoms with Crippen molar-refractivity contribution in [3.63, 3.8) is 0 Å². The Bertz CT molecular complexity index is 647. The first-order valence-electron chi connectivity index (χ1n) is 6.47. The van der Waals surface area contributed by atoms with Crippen LogP contribution in [0.4, 0.5) is 13.2 Å². The van der Waals surface area contributed by atoms with Gasteiger partial charge in [0.05, 0.1) is 5.56 Å². The van der Waals surface area contributed by atoms with Crippen LogP contribution in [-0.4, -0.2) is 12.5 Å². The van der Waals surface area contributed by atoms with Crippen molar-refractivity contribution >= 4 is 5.90 Å². The lowest BCUT2D eigenvalue weighted by Crippen LogP contribution is -2.05. The molecule has 0 spiro atoms. The summed E-state index contributed by atoms with van der Waals surface area (Å²) >= 11 is 0. The molecule has 0 amide bonds. The minimum atomic E-state index is -4.32. The van der Waals surface area contributed by atoms with Crippen molar-refractivity contribution in [2.75, 3.05) is 6.61 Å². The zero-order chi connectivity index (χ0) is 14.9. The van der Waals surface area contributed by atoms with Crippen LogP contribution >= 0.6 is 0 Å². The van der Waals surface area contributed by atoms with Gasteiger partial charge < -0.3 is 4.74 Å². The monoisotopic (exact) mass is 291 g/mol. The molecule has 21 heavy (non-hydrogen) atoms. The van der Waals surface area contributed by atoms with Crippen LogP contribution in [0.1, 0.15) is 22.7 Å². The molecule has 1 aliphatic rings. The Hall–Kier alpha value is -2.30. The Kier molecular flexibility index (Phi) is 3.41. The fourth-order valence-electron chi connectivity index (χ4n) is 2.18. The van der Waals surface area contributed by atoms with E-state index in [1.165, 1.54) is 12.1 Å². The van der Waals surface area contributed by atoms with E-state index in [1.54, 1.807) is 0 Å². The van der Waals surface area contributed by atoms with Gasteiger partial charge in [-0.2, -0.15) is 13.2 Å². The molecule has 0 saturated heterocycles. The molecule has 2 nitrogen and oxygen atoms in total. The minimum Gasteiger partial charge on any atom is -0.475 e. The summed E-state index contributed by atoms with van der Waals surface area (Å²) in [5.74, 6) is 0.528. The molecule has 0 aliphatic carbocycles. The lowest BCUT2D eigenvalue weighted by molar-refractivity contribution is -0.137. The highest BCUT2D eigenvalue weighted by molar-refractivity contribution is 5.95. The molecule has 0 saturated carbocycles. The molecule has 1 heterocycles. The molecule has 1 aliphatic heterocycles. The summed E-state index contributed by atoms with van der Waals surface area (Å²) in [5.41, 5.74) is 0.929. The molecule has 0 unspecified atom stereocenters. The minimum absolute atomic E-state index is 0.262. The predicted octanol–water partition coefficient (Wildman–Crippen LogP) is 4.22. The largest absolute Gasteiger partial charge is 0.475 e. The summed E-state index contributed by atoms with van der Waals surface area (Å²) in [6.07, 6.45) is -4.32. The maximum atomic E-state index is 12.5. The van der Waals surface area contributed by atoms with Gasteiger partial charge in [0.2, 0.25) is 5.90 Å². The fourth-order valence-corrected chi connectivity index (χ4v) is 2.18. The van der Waals surface area contributed by atoms with E-state index in [0.717, 1.165) is 17.7 Å². The molecule has 0 bridgehead atoms. The maximum Gasteiger partial charge on any atom is 0.416 e. The van der Waals surface area contributed by atoms with Crippen LogP contribution in [0.5, 0.6) is 0 Å². The van der Waals surface area contributed by atoms with Crippen molar-refractivity contribution < 1.29 is 17.9 Å². The number of benzene rings is 2. The second-order valence-corrected chi connectivity index (χ2v) is 4.75. The molecule has 2 aromatic rings. The van der Waals surface area contributed by atoms with E-state index < -0.39 is 11.7 Å². The van der Waals surface area contributed by atoms with E-state index in [0.29, 0.717) is 18.1 Å². The number of aliphatic imine (C=N–C) groups is 1. The summed E-state index contributed by atoms with van der Waals surface area (Å²) in [6, 6.07) is 14.2. The van der Waals surface area contributed by atoms with Crippen LogP contribution < -0.4 is 0 Å². The van der Waals surface area contributed by atoms with Crippen molar-refractivity contribution in [2.45, 2.75) is 12.2 Å². The zero-order valence-electron chi connectivity index (χ0n) is 11.0. The molecule has 3 rings (SSSR count). The molecule has 0 aromatic heterocycles. The van der Waals surface area contributed by atoms with Gasteiger partial charge in [-0.3, -0.25) is 0 Å². The lowest BCUT2D eigenvalue weighted by Gasteiger charge is -2.09. The number of rotatable bonds is 2. The quantitative estimate of drug-likeness (QED) is 0.811. The number of ether oxygens (including phenoxy) is 1. The van der Waals surface area contributed by atoms with E-state index in [-0.39, 0.29) is 6.04 Å². The summed E-state index contributed by atoms with van der Waals surface area (Å²) < 4.78 is 43.1. The Morgan fingerprint density at radius 2 is 1.62 bits per heavy atom. The molecule has 5 heteroatoms. The molecule has 108 valence electrons. The summed E-state index contributed by atoms with van der Waals surface area (Å²) in [5, 5.41) is 0. The summed E-state index contributed by atoms with van der Waals surface area (Å²) in [7, 11) is 0. The average molecular weight is 291 g/mol. The fraction of sp³-hybridized carbons (Fsp3) is 0.188. The Balaban J connectivity index is 1.81. The third-order valence-corrected chi connectivity index (χ3v) is 3.29. The first-order chi connectivity index (χ1) is 10.0. The smallest absolute Gasteiger partial charge is 0.416 e. The second kappa shape index (κ2) is 5.24. The molecule has 0 radical (unpaired) electrons. The van der Waals surface area contributed by atoms with Gasteiger partial charge in [-0.25, -0.2) is 4.99 Å². The number of alkyl halides is 3. The number of hydrogen-bond acceptors (Lipinski definition) is 2. The van der Waals surface area contributed by atoms with E-state index in [1.807, 2.05) is 30.3 Å². The standard InChI is InChI=1S/C16H12F3NO/c17-16(18,19)13-8-6-11(7-9-13)14-10-21-15(20-14)12-4-2-1-3-5-12/h1-9,14H,10H2/t14-/m0/s1. The van der Waals surface area contributed by atoms with Gasteiger partial charge in [0.1, 0.15) is 12.6 Å². The normalized spacial score (nSPS) is 18.2. The molecule has 0 fully saturated rings. The van der Waals surface area contributed by atoms with E-state index in [9.17, 15) is 13.2 Å². The van der Waals surface area contributed by atoms with Crippen molar-refractivity contribution in [1.29, 1.82) is 0 Å². The third kappa shape index (κ3) is 2.91. The highest BCUT2D eigenvalue weighted by Gasteiger charge is 2.30. The average Bonchev–Trinajstić information content (AvgIpc) is 2.97.